The number of hydrogen-bond donors (Lipinski definition) is 1. The minimum Gasteiger partial charge on any atom is -0.496 e. The van der Waals surface area contributed by atoms with Gasteiger partial charge < -0.3 is 19.9 Å². The zero-order valence-corrected chi connectivity index (χ0v) is 15.3. The van der Waals surface area contributed by atoms with Crippen molar-refractivity contribution >= 4 is 6.03 Å². The van der Waals surface area contributed by atoms with Crippen LogP contribution >= 0.6 is 0 Å². The van der Waals surface area contributed by atoms with E-state index in [1.54, 1.807) is 7.11 Å². The minimum absolute atomic E-state index is 0.0543. The Morgan fingerprint density at radius 3 is 2.42 bits per heavy atom. The number of urea groups is 1. The highest BCUT2D eigenvalue weighted by atomic mass is 16.5. The van der Waals surface area contributed by atoms with Gasteiger partial charge in [-0.2, -0.15) is 0 Å². The summed E-state index contributed by atoms with van der Waals surface area (Å²) in [7, 11) is 5.74. The summed E-state index contributed by atoms with van der Waals surface area (Å²) in [5.74, 6) is 0.858. The Labute approximate surface area is 146 Å². The van der Waals surface area contributed by atoms with Crippen LogP contribution in [0.2, 0.25) is 0 Å². The largest absolute Gasteiger partial charge is 0.496 e. The first kappa shape index (κ1) is 18.6. The van der Waals surface area contributed by atoms with Crippen LogP contribution in [0.4, 0.5) is 4.79 Å². The van der Waals surface area contributed by atoms with Crippen molar-refractivity contribution in [3.05, 3.63) is 29.8 Å². The summed E-state index contributed by atoms with van der Waals surface area (Å²) >= 11 is 0. The highest BCUT2D eigenvalue weighted by molar-refractivity contribution is 5.74. The van der Waals surface area contributed by atoms with Gasteiger partial charge in [0.15, 0.2) is 0 Å². The average molecular weight is 333 g/mol. The molecule has 1 aliphatic rings. The minimum atomic E-state index is 0.0543. The molecule has 1 aromatic carbocycles. The summed E-state index contributed by atoms with van der Waals surface area (Å²) in [6.45, 7) is 2.31. The zero-order chi connectivity index (χ0) is 17.4. The molecule has 0 radical (unpaired) electrons. The van der Waals surface area contributed by atoms with Crippen LogP contribution in [0.5, 0.6) is 5.75 Å². The molecule has 0 spiro atoms. The second-order valence-electron chi connectivity index (χ2n) is 6.66. The molecule has 24 heavy (non-hydrogen) atoms. The SMILES string of the molecule is COc1ccccc1C(CNC(=O)N1CCCCCCC1)N(C)C. The quantitative estimate of drug-likeness (QED) is 0.899. The van der Waals surface area contributed by atoms with Gasteiger partial charge in [0, 0.05) is 25.2 Å². The summed E-state index contributed by atoms with van der Waals surface area (Å²) < 4.78 is 5.48. The monoisotopic (exact) mass is 333 g/mol. The molecule has 1 aliphatic heterocycles. The Hall–Kier alpha value is -1.75. The molecule has 1 N–H and O–H groups in total. The molecule has 0 saturated carbocycles. The van der Waals surface area contributed by atoms with Crippen LogP contribution in [0.25, 0.3) is 0 Å². The number of nitrogens with zero attached hydrogens (tertiary/aromatic N) is 2. The van der Waals surface area contributed by atoms with Crippen LogP contribution in [0.15, 0.2) is 24.3 Å². The van der Waals surface area contributed by atoms with Crippen LogP contribution < -0.4 is 10.1 Å². The maximum absolute atomic E-state index is 12.5. The van der Waals surface area contributed by atoms with Crippen molar-refractivity contribution in [1.29, 1.82) is 0 Å². The van der Waals surface area contributed by atoms with Gasteiger partial charge in [-0.1, -0.05) is 37.5 Å². The van der Waals surface area contributed by atoms with Gasteiger partial charge in [0.2, 0.25) is 0 Å². The molecule has 0 aliphatic carbocycles. The standard InChI is InChI=1S/C19H31N3O2/c1-21(2)17(16-11-7-8-12-18(16)24-3)15-20-19(23)22-13-9-5-4-6-10-14-22/h7-8,11-12,17H,4-6,9-10,13-15H2,1-3H3,(H,20,23). The average Bonchev–Trinajstić information content (AvgIpc) is 2.54. The molecule has 2 amide bonds. The number of carbonyl (C=O) groups excluding carboxylic acids is 1. The van der Waals surface area contributed by atoms with E-state index in [9.17, 15) is 4.79 Å². The van der Waals surface area contributed by atoms with Crippen molar-refractivity contribution in [3.63, 3.8) is 0 Å². The van der Waals surface area contributed by atoms with E-state index in [0.717, 1.165) is 37.2 Å². The number of amides is 2. The van der Waals surface area contributed by atoms with E-state index >= 15 is 0 Å². The van der Waals surface area contributed by atoms with Crippen molar-refractivity contribution in [3.8, 4) is 5.75 Å². The van der Waals surface area contributed by atoms with Crippen LogP contribution in [-0.4, -0.2) is 56.7 Å². The molecular formula is C19H31N3O2. The number of hydrogen-bond acceptors (Lipinski definition) is 3. The normalized spacial score (nSPS) is 17.1. The molecule has 1 aromatic rings. The number of para-hydroxylation sites is 1. The van der Waals surface area contributed by atoms with E-state index in [-0.39, 0.29) is 12.1 Å². The van der Waals surface area contributed by atoms with Gasteiger partial charge in [-0.15, -0.1) is 0 Å². The number of likely N-dealkylation sites (tertiary alicyclic amines) is 1. The summed E-state index contributed by atoms with van der Waals surface area (Å²) in [6, 6.07) is 8.14. The maximum Gasteiger partial charge on any atom is 0.317 e. The van der Waals surface area contributed by atoms with Crippen molar-refractivity contribution in [2.75, 3.05) is 40.8 Å². The fourth-order valence-electron chi connectivity index (χ4n) is 3.26. The number of methoxy groups -OCH3 is 1. The van der Waals surface area contributed by atoms with E-state index in [0.29, 0.717) is 6.54 Å². The lowest BCUT2D eigenvalue weighted by molar-refractivity contribution is 0.186. The van der Waals surface area contributed by atoms with Gasteiger partial charge in [-0.3, -0.25) is 0 Å². The summed E-state index contributed by atoms with van der Waals surface area (Å²) in [4.78, 5) is 16.6. The van der Waals surface area contributed by atoms with E-state index < -0.39 is 0 Å². The lowest BCUT2D eigenvalue weighted by Gasteiger charge is -2.29. The number of rotatable bonds is 5. The Bertz CT molecular complexity index is 511. The lowest BCUT2D eigenvalue weighted by atomic mass is 10.0. The van der Waals surface area contributed by atoms with Crippen molar-refractivity contribution < 1.29 is 9.53 Å². The molecule has 5 heteroatoms. The first-order valence-corrected chi connectivity index (χ1v) is 8.95. The van der Waals surface area contributed by atoms with Crippen LogP contribution in [0, 0.1) is 0 Å². The molecule has 1 saturated heterocycles. The van der Waals surface area contributed by atoms with E-state index in [2.05, 4.69) is 16.3 Å². The molecule has 1 unspecified atom stereocenters. The molecular weight excluding hydrogens is 302 g/mol. The Morgan fingerprint density at radius 2 is 1.79 bits per heavy atom. The topological polar surface area (TPSA) is 44.8 Å². The highest BCUT2D eigenvalue weighted by Crippen LogP contribution is 2.27. The van der Waals surface area contributed by atoms with Gasteiger partial charge in [0.1, 0.15) is 5.75 Å². The van der Waals surface area contributed by atoms with Crippen LogP contribution in [0.3, 0.4) is 0 Å². The number of carbonyl (C=O) groups is 1. The van der Waals surface area contributed by atoms with Crippen LogP contribution in [0.1, 0.15) is 43.7 Å². The summed E-state index contributed by atoms with van der Waals surface area (Å²) in [5, 5.41) is 3.12. The lowest BCUT2D eigenvalue weighted by Crippen LogP contribution is -2.44. The molecule has 1 atom stereocenters. The highest BCUT2D eigenvalue weighted by Gasteiger charge is 2.21. The smallest absolute Gasteiger partial charge is 0.317 e. The maximum atomic E-state index is 12.5. The van der Waals surface area contributed by atoms with E-state index in [4.69, 9.17) is 4.74 Å². The fraction of sp³-hybridized carbons (Fsp3) is 0.632. The van der Waals surface area contributed by atoms with Crippen molar-refractivity contribution in [2.24, 2.45) is 0 Å². The first-order chi connectivity index (χ1) is 11.6. The van der Waals surface area contributed by atoms with Gasteiger partial charge >= 0.3 is 6.03 Å². The second-order valence-corrected chi connectivity index (χ2v) is 6.66. The fourth-order valence-corrected chi connectivity index (χ4v) is 3.26. The Balaban J connectivity index is 1.99. The summed E-state index contributed by atoms with van der Waals surface area (Å²) in [6.07, 6.45) is 5.97. The molecule has 0 aromatic heterocycles. The molecule has 1 heterocycles. The second kappa shape index (κ2) is 9.52. The van der Waals surface area contributed by atoms with Gasteiger partial charge in [-0.25, -0.2) is 4.79 Å². The molecule has 1 fully saturated rings. The third-order valence-electron chi connectivity index (χ3n) is 4.71. The molecule has 0 bridgehead atoms. The summed E-state index contributed by atoms with van der Waals surface area (Å²) in [5.41, 5.74) is 1.10. The Kier molecular flexibility index (Phi) is 7.37. The van der Waals surface area contributed by atoms with Crippen molar-refractivity contribution in [2.45, 2.75) is 38.1 Å². The molecule has 134 valence electrons. The van der Waals surface area contributed by atoms with Gasteiger partial charge in [-0.05, 0) is 33.0 Å². The van der Waals surface area contributed by atoms with E-state index in [1.165, 1.54) is 19.3 Å². The third-order valence-corrected chi connectivity index (χ3v) is 4.71. The number of nitrogens with one attached hydrogen (secondary N) is 1. The molecule has 5 nitrogen and oxygen atoms in total. The number of ether oxygens (including phenoxy) is 1. The zero-order valence-electron chi connectivity index (χ0n) is 15.3. The Morgan fingerprint density at radius 1 is 1.17 bits per heavy atom. The predicted molar refractivity (Wildman–Crippen MR) is 97.5 cm³/mol. The number of likely N-dealkylation sites (N-methyl/N-ethyl adjacent to an activating group) is 1. The van der Waals surface area contributed by atoms with Crippen LogP contribution in [-0.2, 0) is 0 Å². The van der Waals surface area contributed by atoms with Crippen molar-refractivity contribution in [1.82, 2.24) is 15.1 Å². The third kappa shape index (κ3) is 5.13. The van der Waals surface area contributed by atoms with Gasteiger partial charge in [0.25, 0.3) is 0 Å². The first-order valence-electron chi connectivity index (χ1n) is 8.95. The van der Waals surface area contributed by atoms with E-state index in [1.807, 2.05) is 37.2 Å². The molecule has 2 rings (SSSR count). The number of benzene rings is 1. The predicted octanol–water partition coefficient (Wildman–Crippen LogP) is 3.27. The van der Waals surface area contributed by atoms with Gasteiger partial charge in [0.05, 0.1) is 13.2 Å².